The Hall–Kier alpha value is -3.80. The molecule has 0 aliphatic carbocycles. The smallest absolute Gasteiger partial charge is 0.422 e. The van der Waals surface area contributed by atoms with E-state index >= 15 is 4.39 Å². The molecule has 0 spiro atoms. The molecule has 4 aromatic carbocycles. The summed E-state index contributed by atoms with van der Waals surface area (Å²) in [6, 6.07) is 23.4. The van der Waals surface area contributed by atoms with E-state index < -0.39 is 12.8 Å². The summed E-state index contributed by atoms with van der Waals surface area (Å²) >= 11 is 0. The number of ether oxygens (including phenoxy) is 2. The van der Waals surface area contributed by atoms with Crippen LogP contribution in [0.3, 0.4) is 0 Å². The number of hydrogen-bond acceptors (Lipinski definition) is 2. The molecule has 0 bridgehead atoms. The lowest BCUT2D eigenvalue weighted by molar-refractivity contribution is -0.153. The highest BCUT2D eigenvalue weighted by molar-refractivity contribution is 5.88. The average molecular weight is 481 g/mol. The Morgan fingerprint density at radius 1 is 0.743 bits per heavy atom. The van der Waals surface area contributed by atoms with Crippen molar-refractivity contribution in [3.8, 4) is 22.6 Å². The molecule has 4 rings (SSSR count). The topological polar surface area (TPSA) is 18.5 Å². The lowest BCUT2D eigenvalue weighted by Crippen LogP contribution is -2.19. The van der Waals surface area contributed by atoms with Crippen LogP contribution >= 0.6 is 0 Å². The van der Waals surface area contributed by atoms with Crippen molar-refractivity contribution >= 4 is 10.8 Å². The largest absolute Gasteiger partial charge is 0.490 e. The third-order valence-electron chi connectivity index (χ3n) is 5.60. The van der Waals surface area contributed by atoms with Gasteiger partial charge in [0.25, 0.3) is 0 Å². The summed E-state index contributed by atoms with van der Waals surface area (Å²) in [6.45, 7) is 2.75. The monoisotopic (exact) mass is 480 g/mol. The zero-order chi connectivity index (χ0) is 24.8. The van der Waals surface area contributed by atoms with Gasteiger partial charge in [0, 0.05) is 5.39 Å². The maximum absolute atomic E-state index is 15.2. The highest BCUT2D eigenvalue weighted by Crippen LogP contribution is 2.29. The quantitative estimate of drug-likeness (QED) is 0.179. The zero-order valence-electron chi connectivity index (χ0n) is 18.9. The molecular formula is C29H24F4O2. The molecule has 0 N–H and O–H groups in total. The Morgan fingerprint density at radius 2 is 1.40 bits per heavy atom. The first-order valence-electron chi connectivity index (χ1n) is 11.2. The number of benzene rings is 4. The van der Waals surface area contributed by atoms with Crippen molar-refractivity contribution in [1.82, 2.24) is 0 Å². The Bertz CT molecular complexity index is 1290. The molecule has 0 amide bonds. The van der Waals surface area contributed by atoms with Gasteiger partial charge in [-0.25, -0.2) is 4.39 Å². The number of fused-ring (bicyclic) bond motifs is 1. The minimum absolute atomic E-state index is 0.151. The maximum atomic E-state index is 15.2. The number of aryl methyl sites for hydroxylation is 2. The number of halogens is 4. The average Bonchev–Trinajstić information content (AvgIpc) is 2.86. The number of hydrogen-bond donors (Lipinski definition) is 0. The fraction of sp³-hybridized carbons (Fsp3) is 0.172. The van der Waals surface area contributed by atoms with E-state index in [9.17, 15) is 13.2 Å². The van der Waals surface area contributed by atoms with Gasteiger partial charge in [0.2, 0.25) is 0 Å². The van der Waals surface area contributed by atoms with E-state index in [2.05, 4.69) is 6.58 Å². The summed E-state index contributed by atoms with van der Waals surface area (Å²) in [4.78, 5) is 0. The SMILES string of the molecule is C=CCOc1ccc(-c2ccc3c(F)c(CCc4ccc(OCC(F)(F)F)cc4)ccc3c2)cc1. The molecule has 35 heavy (non-hydrogen) atoms. The van der Waals surface area contributed by atoms with E-state index in [1.807, 2.05) is 42.5 Å². The second-order valence-corrected chi connectivity index (χ2v) is 8.15. The summed E-state index contributed by atoms with van der Waals surface area (Å²) in [5.74, 6) is 0.652. The zero-order valence-corrected chi connectivity index (χ0v) is 18.9. The predicted molar refractivity (Wildman–Crippen MR) is 130 cm³/mol. The van der Waals surface area contributed by atoms with Gasteiger partial charge in [-0.15, -0.1) is 0 Å². The van der Waals surface area contributed by atoms with Crippen molar-refractivity contribution in [1.29, 1.82) is 0 Å². The van der Waals surface area contributed by atoms with Crippen molar-refractivity contribution < 1.29 is 27.0 Å². The second kappa shape index (κ2) is 10.6. The highest BCUT2D eigenvalue weighted by atomic mass is 19.4. The molecule has 2 nitrogen and oxygen atoms in total. The van der Waals surface area contributed by atoms with E-state index in [4.69, 9.17) is 9.47 Å². The van der Waals surface area contributed by atoms with Crippen LogP contribution in [0, 0.1) is 5.82 Å². The van der Waals surface area contributed by atoms with Gasteiger partial charge >= 0.3 is 6.18 Å². The first-order chi connectivity index (χ1) is 16.8. The molecule has 0 fully saturated rings. The van der Waals surface area contributed by atoms with Gasteiger partial charge in [-0.05, 0) is 70.8 Å². The van der Waals surface area contributed by atoms with Crippen LogP contribution in [0.5, 0.6) is 11.5 Å². The summed E-state index contributed by atoms with van der Waals surface area (Å²) in [7, 11) is 0. The highest BCUT2D eigenvalue weighted by Gasteiger charge is 2.28. The summed E-state index contributed by atoms with van der Waals surface area (Å²) in [6.07, 6.45) is -1.66. The van der Waals surface area contributed by atoms with Crippen LogP contribution in [0.1, 0.15) is 11.1 Å². The van der Waals surface area contributed by atoms with Crippen LogP contribution in [-0.2, 0) is 12.8 Å². The van der Waals surface area contributed by atoms with Crippen LogP contribution in [0.15, 0.2) is 91.5 Å². The van der Waals surface area contributed by atoms with Gasteiger partial charge in [-0.1, -0.05) is 61.2 Å². The minimum atomic E-state index is -4.38. The predicted octanol–water partition coefficient (Wildman–Crippen LogP) is 7.94. The first kappa shape index (κ1) is 24.3. The van der Waals surface area contributed by atoms with Gasteiger partial charge in [0.05, 0.1) is 0 Å². The fourth-order valence-corrected chi connectivity index (χ4v) is 3.80. The summed E-state index contributed by atoms with van der Waals surface area (Å²) < 4.78 is 62.3. The third-order valence-corrected chi connectivity index (χ3v) is 5.60. The van der Waals surface area contributed by atoms with Gasteiger partial charge in [-0.3, -0.25) is 0 Å². The molecule has 180 valence electrons. The molecule has 0 radical (unpaired) electrons. The van der Waals surface area contributed by atoms with E-state index in [0.717, 1.165) is 27.8 Å². The number of alkyl halides is 3. The lowest BCUT2D eigenvalue weighted by atomic mass is 9.97. The molecule has 0 atom stereocenters. The van der Waals surface area contributed by atoms with E-state index in [-0.39, 0.29) is 11.6 Å². The van der Waals surface area contributed by atoms with Gasteiger partial charge in [0.1, 0.15) is 23.9 Å². The molecule has 0 aromatic heterocycles. The molecule has 4 aromatic rings. The van der Waals surface area contributed by atoms with Crippen LogP contribution in [0.25, 0.3) is 21.9 Å². The normalized spacial score (nSPS) is 11.4. The van der Waals surface area contributed by atoms with Crippen LogP contribution in [-0.4, -0.2) is 19.4 Å². The summed E-state index contributed by atoms with van der Waals surface area (Å²) in [5, 5.41) is 1.36. The molecule has 0 unspecified atom stereocenters. The van der Waals surface area contributed by atoms with Crippen molar-refractivity contribution in [2.75, 3.05) is 13.2 Å². The van der Waals surface area contributed by atoms with Crippen LogP contribution in [0.4, 0.5) is 17.6 Å². The Kier molecular flexibility index (Phi) is 7.39. The summed E-state index contributed by atoms with van der Waals surface area (Å²) in [5.41, 5.74) is 3.46. The standard InChI is InChI=1S/C29H24F4O2/c1-2-17-34-25-14-9-21(10-15-25)23-11-16-27-24(18-23)8-7-22(28(27)30)6-3-20-4-12-26(13-5-20)35-19-29(31,32)33/h2,4-5,7-16,18H,1,3,6,17,19H2. The van der Waals surface area contributed by atoms with Gasteiger partial charge in [0.15, 0.2) is 6.61 Å². The Labute approximate surface area is 201 Å². The molecule has 0 aliphatic heterocycles. The van der Waals surface area contributed by atoms with E-state index in [0.29, 0.717) is 30.4 Å². The van der Waals surface area contributed by atoms with Crippen molar-refractivity contribution in [3.63, 3.8) is 0 Å². The van der Waals surface area contributed by atoms with Gasteiger partial charge < -0.3 is 9.47 Å². The fourth-order valence-electron chi connectivity index (χ4n) is 3.80. The van der Waals surface area contributed by atoms with Crippen molar-refractivity contribution in [2.45, 2.75) is 19.0 Å². The van der Waals surface area contributed by atoms with E-state index in [1.165, 1.54) is 12.1 Å². The lowest BCUT2D eigenvalue weighted by Gasteiger charge is -2.11. The molecule has 0 saturated heterocycles. The molecule has 0 heterocycles. The minimum Gasteiger partial charge on any atom is -0.490 e. The Morgan fingerprint density at radius 3 is 2.09 bits per heavy atom. The molecule has 0 saturated carbocycles. The third kappa shape index (κ3) is 6.41. The van der Waals surface area contributed by atoms with Crippen molar-refractivity contribution in [3.05, 3.63) is 108 Å². The van der Waals surface area contributed by atoms with Crippen LogP contribution in [0.2, 0.25) is 0 Å². The molecule has 6 heteroatoms. The molecular weight excluding hydrogens is 456 g/mol. The maximum Gasteiger partial charge on any atom is 0.422 e. The van der Waals surface area contributed by atoms with Crippen LogP contribution < -0.4 is 9.47 Å². The number of rotatable bonds is 9. The van der Waals surface area contributed by atoms with Crippen molar-refractivity contribution in [2.24, 2.45) is 0 Å². The second-order valence-electron chi connectivity index (χ2n) is 8.15. The van der Waals surface area contributed by atoms with Gasteiger partial charge in [-0.2, -0.15) is 13.2 Å². The molecule has 0 aliphatic rings. The first-order valence-corrected chi connectivity index (χ1v) is 11.2. The van der Waals surface area contributed by atoms with E-state index in [1.54, 1.807) is 30.3 Å². The Balaban J connectivity index is 1.43.